The summed E-state index contributed by atoms with van der Waals surface area (Å²) in [6.45, 7) is 4.45. The number of hydrogen-bond acceptors (Lipinski definition) is 9. The van der Waals surface area contributed by atoms with Gasteiger partial charge in [-0.3, -0.25) is 38.8 Å². The molecule has 0 aromatic heterocycles. The Morgan fingerprint density at radius 3 is 1.61 bits per heavy atom. The number of rotatable bonds is 14. The molecule has 0 atom stereocenters. The van der Waals surface area contributed by atoms with Crippen molar-refractivity contribution in [3.05, 3.63) is 0 Å². The molecule has 13 heteroatoms. The first-order valence-electron chi connectivity index (χ1n) is 10.1. The van der Waals surface area contributed by atoms with Gasteiger partial charge in [0.25, 0.3) is 0 Å². The topological polar surface area (TPSA) is 174 Å². The lowest BCUT2D eigenvalue weighted by molar-refractivity contribution is -0.142. The number of aliphatic carboxylic acids is 4. The summed E-state index contributed by atoms with van der Waals surface area (Å²) in [5, 5.41) is 38.7. The number of nitrogens with zero attached hydrogens (tertiary/aromatic N) is 4. The van der Waals surface area contributed by atoms with Crippen LogP contribution in [0.3, 0.4) is 0 Å². The predicted octanol–water partition coefficient (Wildman–Crippen LogP) is -2.86. The van der Waals surface area contributed by atoms with Crippen LogP contribution in [0.4, 0.5) is 0 Å². The van der Waals surface area contributed by atoms with Gasteiger partial charge in [-0.2, -0.15) is 0 Å². The maximum absolute atomic E-state index is 11.2. The summed E-state index contributed by atoms with van der Waals surface area (Å²) in [6.07, 6.45) is 0. The van der Waals surface area contributed by atoms with Crippen molar-refractivity contribution in [2.75, 3.05) is 91.6 Å². The average Bonchev–Trinajstić information content (AvgIpc) is 2.73. The van der Waals surface area contributed by atoms with Crippen molar-refractivity contribution >= 4 is 23.9 Å². The van der Waals surface area contributed by atoms with E-state index in [4.69, 9.17) is 20.4 Å². The Morgan fingerprint density at radius 2 is 1.16 bits per heavy atom. The van der Waals surface area contributed by atoms with Crippen molar-refractivity contribution < 1.29 is 39.6 Å². The Bertz CT molecular complexity index is 589. The molecule has 0 aliphatic carbocycles. The van der Waals surface area contributed by atoms with Crippen LogP contribution in [0.1, 0.15) is 0 Å². The summed E-state index contributed by atoms with van der Waals surface area (Å²) in [4.78, 5) is 51.1. The van der Waals surface area contributed by atoms with Crippen LogP contribution in [-0.2, 0) is 19.2 Å². The van der Waals surface area contributed by atoms with Crippen LogP contribution in [-0.4, -0.2) is 156 Å². The monoisotopic (exact) mass is 447 g/mol. The van der Waals surface area contributed by atoms with Gasteiger partial charge in [0.2, 0.25) is 0 Å². The lowest BCUT2D eigenvalue weighted by atomic mass is 10.3. The average molecular weight is 447 g/mol. The largest absolute Gasteiger partial charge is 0.480 e. The molecule has 1 rings (SSSR count). The van der Waals surface area contributed by atoms with Gasteiger partial charge in [-0.05, 0) is 0 Å². The summed E-state index contributed by atoms with van der Waals surface area (Å²) in [5.74, 6) is -4.05. The molecule has 0 radical (unpaired) electrons. The van der Waals surface area contributed by atoms with E-state index in [1.807, 2.05) is 4.90 Å². The minimum atomic E-state index is -1.10. The van der Waals surface area contributed by atoms with Gasteiger partial charge in [-0.15, -0.1) is 0 Å². The van der Waals surface area contributed by atoms with Crippen molar-refractivity contribution in [1.82, 2.24) is 24.9 Å². The maximum Gasteiger partial charge on any atom is 0.317 e. The molecule has 13 nitrogen and oxygen atoms in total. The van der Waals surface area contributed by atoms with Crippen LogP contribution in [0, 0.1) is 0 Å². The minimum Gasteiger partial charge on any atom is -0.480 e. The zero-order valence-electron chi connectivity index (χ0n) is 17.6. The van der Waals surface area contributed by atoms with Gasteiger partial charge < -0.3 is 25.7 Å². The summed E-state index contributed by atoms with van der Waals surface area (Å²) in [6, 6.07) is 0. The standard InChI is InChI=1S/C18H33N5O8/c24-15(25)11-19-1-2-20-3-4-21(6-9-22(8-5-20)12-16(26)27)7-10-23(13-17(28)29)14-18(30)31/h19H,1-14H2,(H,24,25)(H,26,27)(H,28,29)(H,30,31). The highest BCUT2D eigenvalue weighted by atomic mass is 16.4. The van der Waals surface area contributed by atoms with E-state index in [0.717, 1.165) is 0 Å². The van der Waals surface area contributed by atoms with E-state index in [1.165, 1.54) is 4.90 Å². The molecule has 0 aromatic carbocycles. The Kier molecular flexibility index (Phi) is 12.6. The van der Waals surface area contributed by atoms with Crippen molar-refractivity contribution in [1.29, 1.82) is 0 Å². The Labute approximate surface area is 180 Å². The zero-order chi connectivity index (χ0) is 23.2. The van der Waals surface area contributed by atoms with E-state index in [9.17, 15) is 19.2 Å². The van der Waals surface area contributed by atoms with Crippen LogP contribution < -0.4 is 5.32 Å². The lowest BCUT2D eigenvalue weighted by Gasteiger charge is -2.28. The third-order valence-corrected chi connectivity index (χ3v) is 4.89. The third kappa shape index (κ3) is 13.6. The maximum atomic E-state index is 11.2. The van der Waals surface area contributed by atoms with E-state index >= 15 is 0 Å². The highest BCUT2D eigenvalue weighted by Crippen LogP contribution is 2.02. The fourth-order valence-electron chi connectivity index (χ4n) is 3.29. The summed E-state index contributed by atoms with van der Waals surface area (Å²) in [7, 11) is 0. The third-order valence-electron chi connectivity index (χ3n) is 4.89. The highest BCUT2D eigenvalue weighted by molar-refractivity contribution is 5.72. The molecule has 1 saturated heterocycles. The second-order valence-corrected chi connectivity index (χ2v) is 7.42. The second kappa shape index (κ2) is 14.6. The fourth-order valence-corrected chi connectivity index (χ4v) is 3.29. The zero-order valence-corrected chi connectivity index (χ0v) is 17.6. The van der Waals surface area contributed by atoms with Gasteiger partial charge in [0.15, 0.2) is 0 Å². The van der Waals surface area contributed by atoms with Gasteiger partial charge in [-0.1, -0.05) is 0 Å². The predicted molar refractivity (Wildman–Crippen MR) is 109 cm³/mol. The van der Waals surface area contributed by atoms with Crippen molar-refractivity contribution in [3.8, 4) is 0 Å². The molecule has 1 fully saturated rings. The number of carbonyl (C=O) groups is 4. The molecule has 0 bridgehead atoms. The van der Waals surface area contributed by atoms with Crippen LogP contribution >= 0.6 is 0 Å². The van der Waals surface area contributed by atoms with E-state index < -0.39 is 23.9 Å². The van der Waals surface area contributed by atoms with E-state index in [2.05, 4.69) is 15.1 Å². The number of nitrogens with one attached hydrogen (secondary N) is 1. The fraction of sp³-hybridized carbons (Fsp3) is 0.778. The smallest absolute Gasteiger partial charge is 0.317 e. The molecule has 0 amide bonds. The Balaban J connectivity index is 2.68. The Morgan fingerprint density at radius 1 is 0.677 bits per heavy atom. The molecule has 0 spiro atoms. The van der Waals surface area contributed by atoms with Crippen molar-refractivity contribution in [3.63, 3.8) is 0 Å². The first-order chi connectivity index (χ1) is 14.7. The van der Waals surface area contributed by atoms with E-state index in [-0.39, 0.29) is 32.7 Å². The van der Waals surface area contributed by atoms with E-state index in [0.29, 0.717) is 58.9 Å². The summed E-state index contributed by atoms with van der Waals surface area (Å²) < 4.78 is 0. The molecular formula is C18H33N5O8. The molecule has 0 unspecified atom stereocenters. The molecular weight excluding hydrogens is 414 g/mol. The number of carboxylic acid groups (broad SMARTS) is 4. The van der Waals surface area contributed by atoms with Crippen LogP contribution in [0.15, 0.2) is 0 Å². The number of hydrogen-bond donors (Lipinski definition) is 5. The first kappa shape index (κ1) is 26.7. The quantitative estimate of drug-likeness (QED) is 0.172. The van der Waals surface area contributed by atoms with Crippen LogP contribution in [0.2, 0.25) is 0 Å². The van der Waals surface area contributed by atoms with Gasteiger partial charge in [0.1, 0.15) is 0 Å². The number of carboxylic acids is 4. The molecule has 178 valence electrons. The Hall–Kier alpha value is -2.32. The molecule has 31 heavy (non-hydrogen) atoms. The van der Waals surface area contributed by atoms with Crippen LogP contribution in [0.25, 0.3) is 0 Å². The first-order valence-corrected chi connectivity index (χ1v) is 10.1. The summed E-state index contributed by atoms with van der Waals surface area (Å²) in [5.41, 5.74) is 0. The van der Waals surface area contributed by atoms with Gasteiger partial charge in [0.05, 0.1) is 26.2 Å². The molecule has 0 aromatic rings. The van der Waals surface area contributed by atoms with Gasteiger partial charge in [-0.25, -0.2) is 0 Å². The minimum absolute atomic E-state index is 0.0941. The van der Waals surface area contributed by atoms with Crippen LogP contribution in [0.5, 0.6) is 0 Å². The van der Waals surface area contributed by atoms with E-state index in [1.54, 1.807) is 0 Å². The second-order valence-electron chi connectivity index (χ2n) is 7.42. The lowest BCUT2D eigenvalue weighted by Crippen LogP contribution is -2.44. The summed E-state index contributed by atoms with van der Waals surface area (Å²) >= 11 is 0. The van der Waals surface area contributed by atoms with Gasteiger partial charge in [0, 0.05) is 65.4 Å². The normalized spacial score (nSPS) is 17.1. The SMILES string of the molecule is O=C(O)CNCCN1CCN(CCN(CC(=O)O)CC(=O)O)CCN(CC(=O)O)CC1. The molecule has 0 saturated carbocycles. The van der Waals surface area contributed by atoms with Gasteiger partial charge >= 0.3 is 23.9 Å². The molecule has 5 N–H and O–H groups in total. The molecule has 1 aliphatic heterocycles. The molecule has 1 aliphatic rings. The highest BCUT2D eigenvalue weighted by Gasteiger charge is 2.20. The molecule has 1 heterocycles. The van der Waals surface area contributed by atoms with Crippen molar-refractivity contribution in [2.24, 2.45) is 0 Å². The van der Waals surface area contributed by atoms with Crippen molar-refractivity contribution in [2.45, 2.75) is 0 Å².